The van der Waals surface area contributed by atoms with Gasteiger partial charge in [-0.05, 0) is 62.6 Å². The summed E-state index contributed by atoms with van der Waals surface area (Å²) in [6, 6.07) is 11.3. The highest BCUT2D eigenvalue weighted by atomic mass is 16.5. The number of carbonyl (C=O) groups is 1. The third-order valence-corrected chi connectivity index (χ3v) is 4.44. The number of hydrogen-bond donors (Lipinski definition) is 1. The van der Waals surface area contributed by atoms with Crippen LogP contribution in [0.5, 0.6) is 11.5 Å². The van der Waals surface area contributed by atoms with Crippen LogP contribution >= 0.6 is 0 Å². The maximum Gasteiger partial charge on any atom is 0.227 e. The molecule has 6 heteroatoms. The lowest BCUT2D eigenvalue weighted by Crippen LogP contribution is -2.30. The molecule has 144 valence electrons. The normalized spacial score (nSPS) is 13.9. The molecule has 27 heavy (non-hydrogen) atoms. The number of rotatable bonds is 8. The molecule has 0 bridgehead atoms. The fourth-order valence-electron chi connectivity index (χ4n) is 3.05. The predicted molar refractivity (Wildman–Crippen MR) is 107 cm³/mol. The zero-order valence-electron chi connectivity index (χ0n) is 15.8. The molecule has 3 rings (SSSR count). The Balaban J connectivity index is 1.41. The monoisotopic (exact) mass is 369 g/mol. The first-order valence-electron chi connectivity index (χ1n) is 9.61. The second-order valence-corrected chi connectivity index (χ2v) is 6.50. The number of nitrogens with zero attached hydrogens (tertiary/aromatic N) is 2. The van der Waals surface area contributed by atoms with E-state index in [0.717, 1.165) is 30.4 Å². The molecule has 1 fully saturated rings. The van der Waals surface area contributed by atoms with E-state index in [1.165, 1.54) is 19.3 Å². The second kappa shape index (κ2) is 9.80. The van der Waals surface area contributed by atoms with Crippen LogP contribution in [0, 0.1) is 0 Å². The molecule has 0 unspecified atom stereocenters. The summed E-state index contributed by atoms with van der Waals surface area (Å²) >= 11 is 0. The molecule has 2 heterocycles. The van der Waals surface area contributed by atoms with Crippen LogP contribution in [0.25, 0.3) is 0 Å². The highest BCUT2D eigenvalue weighted by Crippen LogP contribution is 2.19. The van der Waals surface area contributed by atoms with Crippen LogP contribution in [0.2, 0.25) is 0 Å². The summed E-state index contributed by atoms with van der Waals surface area (Å²) in [5.41, 5.74) is 0.710. The Morgan fingerprint density at radius 3 is 2.37 bits per heavy atom. The first kappa shape index (κ1) is 19.0. The van der Waals surface area contributed by atoms with Gasteiger partial charge in [-0.25, -0.2) is 4.98 Å². The van der Waals surface area contributed by atoms with Gasteiger partial charge in [0.2, 0.25) is 5.91 Å². The molecule has 1 aliphatic rings. The van der Waals surface area contributed by atoms with Gasteiger partial charge < -0.3 is 19.7 Å². The lowest BCUT2D eigenvalue weighted by atomic mass is 10.1. The van der Waals surface area contributed by atoms with Crippen molar-refractivity contribution in [3.8, 4) is 11.5 Å². The largest absolute Gasteiger partial charge is 0.494 e. The van der Waals surface area contributed by atoms with Crippen LogP contribution in [0.15, 0.2) is 42.6 Å². The summed E-state index contributed by atoms with van der Waals surface area (Å²) in [5.74, 6) is 2.42. The Bertz CT molecular complexity index is 710. The molecule has 1 aliphatic heterocycles. The summed E-state index contributed by atoms with van der Waals surface area (Å²) in [7, 11) is 0. The fraction of sp³-hybridized carbons (Fsp3) is 0.429. The van der Waals surface area contributed by atoms with Crippen molar-refractivity contribution in [3.63, 3.8) is 0 Å². The van der Waals surface area contributed by atoms with Gasteiger partial charge in [0.05, 0.1) is 31.5 Å². The van der Waals surface area contributed by atoms with Gasteiger partial charge in [-0.3, -0.25) is 4.79 Å². The zero-order valence-corrected chi connectivity index (χ0v) is 15.8. The molecule has 1 aromatic carbocycles. The highest BCUT2D eigenvalue weighted by molar-refractivity contribution is 5.90. The minimum Gasteiger partial charge on any atom is -0.494 e. The number of hydrogen-bond acceptors (Lipinski definition) is 5. The Morgan fingerprint density at radius 1 is 1.04 bits per heavy atom. The van der Waals surface area contributed by atoms with Crippen molar-refractivity contribution in [1.29, 1.82) is 0 Å². The van der Waals surface area contributed by atoms with Gasteiger partial charge in [0.15, 0.2) is 0 Å². The van der Waals surface area contributed by atoms with E-state index in [-0.39, 0.29) is 12.3 Å². The molecular weight excluding hydrogens is 342 g/mol. The third kappa shape index (κ3) is 5.88. The SMILES string of the molecule is CCOc1ccc(OCCC(=O)Nc2ccc(N3CCCCC3)nc2)cc1. The lowest BCUT2D eigenvalue weighted by Gasteiger charge is -2.27. The quantitative estimate of drug-likeness (QED) is 0.765. The number of ether oxygens (including phenoxy) is 2. The predicted octanol–water partition coefficient (Wildman–Crippen LogP) is 3.88. The molecule has 1 aromatic heterocycles. The molecule has 1 N–H and O–H groups in total. The van der Waals surface area contributed by atoms with Crippen molar-refractivity contribution >= 4 is 17.4 Å². The number of nitrogens with one attached hydrogen (secondary N) is 1. The summed E-state index contributed by atoms with van der Waals surface area (Å²) in [4.78, 5) is 18.8. The topological polar surface area (TPSA) is 63.7 Å². The smallest absolute Gasteiger partial charge is 0.227 e. The number of pyridine rings is 1. The van der Waals surface area contributed by atoms with Gasteiger partial charge in [0, 0.05) is 13.1 Å². The number of aromatic nitrogens is 1. The minimum atomic E-state index is -0.0894. The minimum absolute atomic E-state index is 0.0894. The first-order chi connectivity index (χ1) is 13.2. The number of carbonyl (C=O) groups excluding carboxylic acids is 1. The van der Waals surface area contributed by atoms with E-state index in [9.17, 15) is 4.79 Å². The number of amides is 1. The zero-order chi connectivity index (χ0) is 18.9. The Labute approximate surface area is 160 Å². The number of piperidine rings is 1. The van der Waals surface area contributed by atoms with Gasteiger partial charge in [-0.15, -0.1) is 0 Å². The van der Waals surface area contributed by atoms with Crippen molar-refractivity contribution in [2.45, 2.75) is 32.6 Å². The van der Waals surface area contributed by atoms with Crippen LogP contribution < -0.4 is 19.7 Å². The van der Waals surface area contributed by atoms with Gasteiger partial charge in [0.25, 0.3) is 0 Å². The van der Waals surface area contributed by atoms with E-state index < -0.39 is 0 Å². The van der Waals surface area contributed by atoms with Gasteiger partial charge in [-0.1, -0.05) is 0 Å². The average Bonchev–Trinajstić information content (AvgIpc) is 2.71. The van der Waals surface area contributed by atoms with Crippen molar-refractivity contribution in [2.75, 3.05) is 36.5 Å². The van der Waals surface area contributed by atoms with Crippen LogP contribution in [0.4, 0.5) is 11.5 Å². The van der Waals surface area contributed by atoms with Crippen molar-refractivity contribution < 1.29 is 14.3 Å². The average molecular weight is 369 g/mol. The molecule has 6 nitrogen and oxygen atoms in total. The van der Waals surface area contributed by atoms with E-state index in [1.54, 1.807) is 6.20 Å². The maximum absolute atomic E-state index is 12.1. The molecule has 0 atom stereocenters. The lowest BCUT2D eigenvalue weighted by molar-refractivity contribution is -0.116. The number of benzene rings is 1. The van der Waals surface area contributed by atoms with E-state index in [0.29, 0.717) is 18.9 Å². The maximum atomic E-state index is 12.1. The van der Waals surface area contributed by atoms with E-state index in [1.807, 2.05) is 43.3 Å². The van der Waals surface area contributed by atoms with Crippen molar-refractivity contribution in [1.82, 2.24) is 4.98 Å². The van der Waals surface area contributed by atoms with Gasteiger partial charge >= 0.3 is 0 Å². The molecule has 0 radical (unpaired) electrons. The highest BCUT2D eigenvalue weighted by Gasteiger charge is 2.12. The fourth-order valence-corrected chi connectivity index (χ4v) is 3.05. The molecule has 0 aliphatic carbocycles. The summed E-state index contributed by atoms with van der Waals surface area (Å²) in [6.07, 6.45) is 5.72. The molecule has 0 spiro atoms. The summed E-state index contributed by atoms with van der Waals surface area (Å²) in [6.45, 7) is 5.01. The van der Waals surface area contributed by atoms with Crippen LogP contribution in [-0.2, 0) is 4.79 Å². The van der Waals surface area contributed by atoms with Crippen LogP contribution in [0.3, 0.4) is 0 Å². The Morgan fingerprint density at radius 2 is 1.74 bits per heavy atom. The molecule has 0 saturated carbocycles. The summed E-state index contributed by atoms with van der Waals surface area (Å²) < 4.78 is 11.0. The van der Waals surface area contributed by atoms with E-state index >= 15 is 0 Å². The molecule has 2 aromatic rings. The standard InChI is InChI=1S/C21H27N3O3/c1-2-26-18-7-9-19(10-8-18)27-15-12-21(25)23-17-6-11-20(22-16-17)24-13-4-3-5-14-24/h6-11,16H,2-5,12-15H2,1H3,(H,23,25). The van der Waals surface area contributed by atoms with Crippen molar-refractivity contribution in [3.05, 3.63) is 42.6 Å². The third-order valence-electron chi connectivity index (χ3n) is 4.44. The molecular formula is C21H27N3O3. The van der Waals surface area contributed by atoms with Crippen LogP contribution in [0.1, 0.15) is 32.6 Å². The molecule has 1 saturated heterocycles. The van der Waals surface area contributed by atoms with E-state index in [4.69, 9.17) is 9.47 Å². The second-order valence-electron chi connectivity index (χ2n) is 6.50. The Hall–Kier alpha value is -2.76. The first-order valence-corrected chi connectivity index (χ1v) is 9.61. The van der Waals surface area contributed by atoms with Crippen molar-refractivity contribution in [2.24, 2.45) is 0 Å². The summed E-state index contributed by atoms with van der Waals surface area (Å²) in [5, 5.41) is 2.86. The number of anilines is 2. The Kier molecular flexibility index (Phi) is 6.90. The van der Waals surface area contributed by atoms with E-state index in [2.05, 4.69) is 15.2 Å². The van der Waals surface area contributed by atoms with Gasteiger partial charge in [0.1, 0.15) is 17.3 Å². The van der Waals surface area contributed by atoms with Gasteiger partial charge in [-0.2, -0.15) is 0 Å². The molecule has 1 amide bonds. The van der Waals surface area contributed by atoms with Crippen LogP contribution in [-0.4, -0.2) is 37.2 Å².